The number of ether oxygens (including phenoxy) is 1. The minimum atomic E-state index is -3.55. The Balaban J connectivity index is 2.66. The molecule has 0 saturated carbocycles. The van der Waals surface area contributed by atoms with E-state index in [0.29, 0.717) is 17.6 Å². The summed E-state index contributed by atoms with van der Waals surface area (Å²) in [5, 5.41) is 0. The summed E-state index contributed by atoms with van der Waals surface area (Å²) >= 11 is 3.23. The molecular weight excluding hydrogens is 320 g/mol. The van der Waals surface area contributed by atoms with E-state index in [9.17, 15) is 8.42 Å². The zero-order valence-corrected chi connectivity index (χ0v) is 12.6. The molecule has 0 fully saturated rings. The van der Waals surface area contributed by atoms with Crippen molar-refractivity contribution in [3.63, 3.8) is 0 Å². The molecule has 3 N–H and O–H groups in total. The van der Waals surface area contributed by atoms with Gasteiger partial charge in [-0.05, 0) is 31.0 Å². The Bertz CT molecular complexity index is 491. The number of hydrogen-bond donors (Lipinski definition) is 2. The van der Waals surface area contributed by atoms with Crippen molar-refractivity contribution in [3.8, 4) is 0 Å². The maximum absolute atomic E-state index is 12.0. The van der Waals surface area contributed by atoms with Gasteiger partial charge in [-0.25, -0.2) is 13.1 Å². The van der Waals surface area contributed by atoms with Crippen LogP contribution in [0.3, 0.4) is 0 Å². The summed E-state index contributed by atoms with van der Waals surface area (Å²) in [4.78, 5) is 0.101. The number of methoxy groups -OCH3 is 1. The molecule has 1 rings (SSSR count). The van der Waals surface area contributed by atoms with E-state index in [0.717, 1.165) is 12.8 Å². The van der Waals surface area contributed by atoms with E-state index in [1.165, 1.54) is 6.07 Å². The van der Waals surface area contributed by atoms with Crippen molar-refractivity contribution in [3.05, 3.63) is 22.7 Å². The Kier molecular flexibility index (Phi) is 6.07. The zero-order valence-electron chi connectivity index (χ0n) is 10.1. The summed E-state index contributed by atoms with van der Waals surface area (Å²) in [6.45, 7) is 0.998. The van der Waals surface area contributed by atoms with Gasteiger partial charge in [0.15, 0.2) is 0 Å². The molecule has 18 heavy (non-hydrogen) atoms. The van der Waals surface area contributed by atoms with Gasteiger partial charge in [0, 0.05) is 24.7 Å². The van der Waals surface area contributed by atoms with Gasteiger partial charge in [0.25, 0.3) is 0 Å². The fourth-order valence-electron chi connectivity index (χ4n) is 1.40. The molecule has 7 heteroatoms. The SMILES string of the molecule is COCCCCNS(=O)(=O)c1cc(Br)ccc1N. The standard InChI is InChI=1S/C11H17BrN2O3S/c1-17-7-3-2-6-14-18(15,16)11-8-9(12)4-5-10(11)13/h4-5,8,14H,2-3,6-7,13H2,1H3. The van der Waals surface area contributed by atoms with Crippen LogP contribution in [0.25, 0.3) is 0 Å². The van der Waals surface area contributed by atoms with Crippen molar-refractivity contribution < 1.29 is 13.2 Å². The first-order valence-electron chi connectivity index (χ1n) is 5.51. The van der Waals surface area contributed by atoms with E-state index < -0.39 is 10.0 Å². The van der Waals surface area contributed by atoms with Crippen LogP contribution in [-0.2, 0) is 14.8 Å². The number of unbranched alkanes of at least 4 members (excludes halogenated alkanes) is 1. The van der Waals surface area contributed by atoms with E-state index in [2.05, 4.69) is 20.7 Å². The first-order valence-corrected chi connectivity index (χ1v) is 7.78. The van der Waals surface area contributed by atoms with Crippen LogP contribution < -0.4 is 10.5 Å². The number of sulfonamides is 1. The molecule has 0 unspecified atom stereocenters. The van der Waals surface area contributed by atoms with Gasteiger partial charge in [0.2, 0.25) is 10.0 Å². The van der Waals surface area contributed by atoms with Crippen LogP contribution in [0.1, 0.15) is 12.8 Å². The Morgan fingerprint density at radius 2 is 2.11 bits per heavy atom. The predicted molar refractivity (Wildman–Crippen MR) is 74.9 cm³/mol. The van der Waals surface area contributed by atoms with E-state index in [-0.39, 0.29) is 10.6 Å². The maximum atomic E-state index is 12.0. The average Bonchev–Trinajstić information content (AvgIpc) is 2.32. The van der Waals surface area contributed by atoms with Crippen molar-refractivity contribution in [2.75, 3.05) is 26.0 Å². The van der Waals surface area contributed by atoms with Crippen molar-refractivity contribution in [1.29, 1.82) is 0 Å². The monoisotopic (exact) mass is 336 g/mol. The lowest BCUT2D eigenvalue weighted by Crippen LogP contribution is -2.25. The number of hydrogen-bond acceptors (Lipinski definition) is 4. The summed E-state index contributed by atoms with van der Waals surface area (Å²) in [5.74, 6) is 0. The number of nitrogens with one attached hydrogen (secondary N) is 1. The lowest BCUT2D eigenvalue weighted by molar-refractivity contribution is 0.193. The molecule has 0 saturated heterocycles. The highest BCUT2D eigenvalue weighted by Gasteiger charge is 2.16. The van der Waals surface area contributed by atoms with Crippen molar-refractivity contribution in [1.82, 2.24) is 4.72 Å². The molecule has 0 bridgehead atoms. The molecule has 102 valence electrons. The topological polar surface area (TPSA) is 81.4 Å². The minimum Gasteiger partial charge on any atom is -0.398 e. The molecule has 1 aromatic rings. The molecule has 0 aromatic heterocycles. The molecule has 1 aromatic carbocycles. The van der Waals surface area contributed by atoms with Gasteiger partial charge in [-0.15, -0.1) is 0 Å². The molecule has 0 spiro atoms. The van der Waals surface area contributed by atoms with Crippen LogP contribution in [-0.4, -0.2) is 28.7 Å². The number of nitrogens with two attached hydrogens (primary N) is 1. The van der Waals surface area contributed by atoms with E-state index in [4.69, 9.17) is 10.5 Å². The van der Waals surface area contributed by atoms with Crippen LogP contribution in [0.4, 0.5) is 5.69 Å². The van der Waals surface area contributed by atoms with Crippen molar-refractivity contribution in [2.24, 2.45) is 0 Å². The maximum Gasteiger partial charge on any atom is 0.242 e. The third-order valence-corrected chi connectivity index (χ3v) is 4.34. The second kappa shape index (κ2) is 7.08. The second-order valence-corrected chi connectivity index (χ2v) is 6.43. The highest BCUT2D eigenvalue weighted by atomic mass is 79.9. The van der Waals surface area contributed by atoms with Gasteiger partial charge in [0.1, 0.15) is 4.90 Å². The second-order valence-electron chi connectivity index (χ2n) is 3.78. The van der Waals surface area contributed by atoms with Crippen LogP contribution in [0.15, 0.2) is 27.6 Å². The van der Waals surface area contributed by atoms with Crippen LogP contribution in [0, 0.1) is 0 Å². The lowest BCUT2D eigenvalue weighted by atomic mass is 10.3. The normalized spacial score (nSPS) is 11.7. The molecule has 0 aliphatic rings. The Hall–Kier alpha value is -0.630. The highest BCUT2D eigenvalue weighted by molar-refractivity contribution is 9.10. The number of rotatable bonds is 7. The zero-order chi connectivity index (χ0) is 13.6. The van der Waals surface area contributed by atoms with Crippen molar-refractivity contribution >= 4 is 31.6 Å². The Morgan fingerprint density at radius 3 is 2.78 bits per heavy atom. The van der Waals surface area contributed by atoms with E-state index >= 15 is 0 Å². The Labute approximate surface area is 116 Å². The van der Waals surface area contributed by atoms with Gasteiger partial charge in [0.05, 0.1) is 5.69 Å². The number of benzene rings is 1. The van der Waals surface area contributed by atoms with Gasteiger partial charge >= 0.3 is 0 Å². The fourth-order valence-corrected chi connectivity index (χ4v) is 3.14. The molecule has 0 amide bonds. The minimum absolute atomic E-state index is 0.101. The lowest BCUT2D eigenvalue weighted by Gasteiger charge is -2.09. The van der Waals surface area contributed by atoms with Crippen LogP contribution in [0.5, 0.6) is 0 Å². The summed E-state index contributed by atoms with van der Waals surface area (Å²) < 4.78 is 32.1. The average molecular weight is 337 g/mol. The Morgan fingerprint density at radius 1 is 1.39 bits per heavy atom. The summed E-state index contributed by atoms with van der Waals surface area (Å²) in [6.07, 6.45) is 1.54. The van der Waals surface area contributed by atoms with Crippen molar-refractivity contribution in [2.45, 2.75) is 17.7 Å². The summed E-state index contributed by atoms with van der Waals surface area (Å²) in [5.41, 5.74) is 5.91. The summed E-state index contributed by atoms with van der Waals surface area (Å²) in [7, 11) is -1.93. The van der Waals surface area contributed by atoms with Gasteiger partial charge in [-0.2, -0.15) is 0 Å². The third-order valence-electron chi connectivity index (χ3n) is 2.33. The summed E-state index contributed by atoms with van der Waals surface area (Å²) in [6, 6.07) is 4.75. The van der Waals surface area contributed by atoms with Gasteiger partial charge in [-0.3, -0.25) is 0 Å². The highest BCUT2D eigenvalue weighted by Crippen LogP contribution is 2.22. The molecule has 0 radical (unpaired) electrons. The molecule has 0 aliphatic carbocycles. The van der Waals surface area contributed by atoms with Gasteiger partial charge < -0.3 is 10.5 Å². The van der Waals surface area contributed by atoms with Crippen LogP contribution >= 0.6 is 15.9 Å². The quantitative estimate of drug-likeness (QED) is 0.587. The first-order chi connectivity index (χ1) is 8.47. The number of halogens is 1. The molecule has 5 nitrogen and oxygen atoms in total. The number of nitrogen functional groups attached to an aromatic ring is 1. The smallest absolute Gasteiger partial charge is 0.242 e. The van der Waals surface area contributed by atoms with Gasteiger partial charge in [-0.1, -0.05) is 15.9 Å². The van der Waals surface area contributed by atoms with E-state index in [1.807, 2.05) is 0 Å². The van der Waals surface area contributed by atoms with Crippen LogP contribution in [0.2, 0.25) is 0 Å². The third kappa shape index (κ3) is 4.56. The molecular formula is C11H17BrN2O3S. The first kappa shape index (κ1) is 15.4. The fraction of sp³-hybridized carbons (Fsp3) is 0.455. The number of anilines is 1. The molecule has 0 heterocycles. The predicted octanol–water partition coefficient (Wildman–Crippen LogP) is 1.74. The molecule has 0 aliphatic heterocycles. The largest absolute Gasteiger partial charge is 0.398 e. The van der Waals surface area contributed by atoms with E-state index in [1.54, 1.807) is 19.2 Å². The molecule has 0 atom stereocenters.